The second-order valence-electron chi connectivity index (χ2n) is 4.80. The number of hydrogen-bond donors (Lipinski definition) is 1. The quantitative estimate of drug-likeness (QED) is 0.809. The molecule has 17 heavy (non-hydrogen) atoms. The molecule has 1 atom stereocenters. The molecule has 92 valence electrons. The van der Waals surface area contributed by atoms with E-state index < -0.39 is 0 Å². The van der Waals surface area contributed by atoms with Crippen LogP contribution in [0.25, 0.3) is 0 Å². The highest BCUT2D eigenvalue weighted by Crippen LogP contribution is 2.29. The Morgan fingerprint density at radius 1 is 1.47 bits per heavy atom. The van der Waals surface area contributed by atoms with Gasteiger partial charge in [0.25, 0.3) is 0 Å². The zero-order valence-corrected chi connectivity index (χ0v) is 10.8. The Morgan fingerprint density at radius 3 is 3.00 bits per heavy atom. The van der Waals surface area contributed by atoms with E-state index in [2.05, 4.69) is 42.2 Å². The minimum Gasteiger partial charge on any atom is -0.368 e. The van der Waals surface area contributed by atoms with Crippen molar-refractivity contribution >= 4 is 5.69 Å². The molecule has 0 saturated heterocycles. The second kappa shape index (κ2) is 5.37. The lowest BCUT2D eigenvalue weighted by molar-refractivity contribution is 0.717. The zero-order valence-electron chi connectivity index (χ0n) is 10.8. The van der Waals surface area contributed by atoms with E-state index in [4.69, 9.17) is 5.73 Å². The number of benzene rings is 1. The summed E-state index contributed by atoms with van der Waals surface area (Å²) in [5.41, 5.74) is 10.0. The fraction of sp³-hybridized carbons (Fsp3) is 0.467. The first kappa shape index (κ1) is 12.2. The first-order valence-electron chi connectivity index (χ1n) is 6.47. The van der Waals surface area contributed by atoms with Crippen LogP contribution in [-0.2, 0) is 6.42 Å². The van der Waals surface area contributed by atoms with Crippen molar-refractivity contribution in [3.63, 3.8) is 0 Å². The van der Waals surface area contributed by atoms with Crippen molar-refractivity contribution in [2.75, 3.05) is 18.0 Å². The van der Waals surface area contributed by atoms with Crippen LogP contribution in [0.5, 0.6) is 0 Å². The predicted molar refractivity (Wildman–Crippen MR) is 74.4 cm³/mol. The molecule has 1 aromatic carbocycles. The maximum Gasteiger partial charge on any atom is 0.0401 e. The first-order chi connectivity index (χ1) is 8.22. The highest BCUT2D eigenvalue weighted by molar-refractivity contribution is 5.57. The van der Waals surface area contributed by atoms with Crippen LogP contribution in [0.4, 0.5) is 5.69 Å². The third-order valence-electron chi connectivity index (χ3n) is 3.41. The molecule has 1 aromatic rings. The van der Waals surface area contributed by atoms with Gasteiger partial charge in [0.1, 0.15) is 0 Å². The molecule has 0 amide bonds. The Bertz CT molecular complexity index is 407. The molecule has 0 aromatic heterocycles. The largest absolute Gasteiger partial charge is 0.368 e. The highest BCUT2D eigenvalue weighted by Gasteiger charge is 2.16. The summed E-state index contributed by atoms with van der Waals surface area (Å²) in [4.78, 5) is 2.45. The van der Waals surface area contributed by atoms with Gasteiger partial charge >= 0.3 is 0 Å². The van der Waals surface area contributed by atoms with Gasteiger partial charge in [-0.3, -0.25) is 0 Å². The van der Waals surface area contributed by atoms with E-state index in [9.17, 15) is 0 Å². The van der Waals surface area contributed by atoms with E-state index >= 15 is 0 Å². The van der Waals surface area contributed by atoms with Crippen molar-refractivity contribution in [3.05, 3.63) is 41.5 Å². The van der Waals surface area contributed by atoms with Gasteiger partial charge in [0.2, 0.25) is 0 Å². The molecule has 1 heterocycles. The van der Waals surface area contributed by atoms with Crippen LogP contribution in [0.15, 0.2) is 30.4 Å². The molecule has 1 aliphatic rings. The molecule has 2 nitrogen and oxygen atoms in total. The average Bonchev–Trinajstić information content (AvgIpc) is 2.35. The number of anilines is 1. The van der Waals surface area contributed by atoms with E-state index in [0.717, 1.165) is 13.1 Å². The summed E-state index contributed by atoms with van der Waals surface area (Å²) in [6, 6.07) is 6.81. The van der Waals surface area contributed by atoms with E-state index in [-0.39, 0.29) is 6.04 Å². The highest BCUT2D eigenvalue weighted by atomic mass is 15.1. The Morgan fingerprint density at radius 2 is 2.29 bits per heavy atom. The van der Waals surface area contributed by atoms with Crippen LogP contribution in [0.2, 0.25) is 0 Å². The number of allylic oxidation sites excluding steroid dienone is 1. The average molecular weight is 230 g/mol. The van der Waals surface area contributed by atoms with Gasteiger partial charge in [-0.2, -0.15) is 0 Å². The van der Waals surface area contributed by atoms with E-state index in [1.54, 1.807) is 0 Å². The van der Waals surface area contributed by atoms with Gasteiger partial charge < -0.3 is 10.6 Å². The minimum atomic E-state index is 0.131. The van der Waals surface area contributed by atoms with Gasteiger partial charge in [-0.05, 0) is 43.9 Å². The van der Waals surface area contributed by atoms with Gasteiger partial charge in [0.15, 0.2) is 0 Å². The van der Waals surface area contributed by atoms with Gasteiger partial charge in [-0.25, -0.2) is 0 Å². The van der Waals surface area contributed by atoms with Crippen molar-refractivity contribution in [3.8, 4) is 0 Å². The van der Waals surface area contributed by atoms with Crippen molar-refractivity contribution in [1.82, 2.24) is 0 Å². The van der Waals surface area contributed by atoms with Crippen molar-refractivity contribution in [2.45, 2.75) is 32.7 Å². The molecule has 2 heteroatoms. The lowest BCUT2D eigenvalue weighted by Gasteiger charge is -2.31. The van der Waals surface area contributed by atoms with E-state index in [0.29, 0.717) is 0 Å². The molecule has 1 unspecified atom stereocenters. The minimum absolute atomic E-state index is 0.131. The molecule has 0 fully saturated rings. The Balaban J connectivity index is 2.26. The SMILES string of the molecule is C/C=C/CN1CCCc2cc(C(C)N)ccc21. The zero-order chi connectivity index (χ0) is 12.3. The van der Waals surface area contributed by atoms with Crippen molar-refractivity contribution in [1.29, 1.82) is 0 Å². The van der Waals surface area contributed by atoms with Crippen molar-refractivity contribution in [2.24, 2.45) is 5.73 Å². The van der Waals surface area contributed by atoms with E-state index in [1.165, 1.54) is 29.7 Å². The van der Waals surface area contributed by atoms with E-state index in [1.807, 2.05) is 6.92 Å². The summed E-state index contributed by atoms with van der Waals surface area (Å²) in [5, 5.41) is 0. The molecule has 0 saturated carbocycles. The van der Waals surface area contributed by atoms with Crippen LogP contribution in [0.3, 0.4) is 0 Å². The van der Waals surface area contributed by atoms with Crippen LogP contribution < -0.4 is 10.6 Å². The van der Waals surface area contributed by atoms with Gasteiger partial charge in [0, 0.05) is 24.8 Å². The summed E-state index contributed by atoms with van der Waals surface area (Å²) in [6.07, 6.45) is 6.76. The molecule has 2 rings (SSSR count). The summed E-state index contributed by atoms with van der Waals surface area (Å²) in [5.74, 6) is 0. The summed E-state index contributed by atoms with van der Waals surface area (Å²) >= 11 is 0. The monoisotopic (exact) mass is 230 g/mol. The van der Waals surface area contributed by atoms with Gasteiger partial charge in [-0.1, -0.05) is 24.3 Å². The van der Waals surface area contributed by atoms with Gasteiger partial charge in [0.05, 0.1) is 0 Å². The lowest BCUT2D eigenvalue weighted by Crippen LogP contribution is -2.29. The van der Waals surface area contributed by atoms with Crippen molar-refractivity contribution < 1.29 is 0 Å². The van der Waals surface area contributed by atoms with Crippen LogP contribution in [0, 0.1) is 0 Å². The molecular formula is C15H22N2. The number of nitrogens with two attached hydrogens (primary N) is 1. The predicted octanol–water partition coefficient (Wildman–Crippen LogP) is 3.04. The molecule has 0 radical (unpaired) electrons. The lowest BCUT2D eigenvalue weighted by atomic mass is 9.97. The fourth-order valence-electron chi connectivity index (χ4n) is 2.40. The molecule has 1 aliphatic heterocycles. The molecule has 0 aliphatic carbocycles. The van der Waals surface area contributed by atoms with Crippen LogP contribution >= 0.6 is 0 Å². The smallest absolute Gasteiger partial charge is 0.0401 e. The number of hydrogen-bond acceptors (Lipinski definition) is 2. The Kier molecular flexibility index (Phi) is 3.85. The maximum atomic E-state index is 5.94. The fourth-order valence-corrected chi connectivity index (χ4v) is 2.40. The normalized spacial score (nSPS) is 17.2. The number of aryl methyl sites for hydroxylation is 1. The standard InChI is InChI=1S/C15H22N2/c1-3-4-9-17-10-5-6-14-11-13(12(2)16)7-8-15(14)17/h3-4,7-8,11-12H,5-6,9-10,16H2,1-2H3/b4-3+. The topological polar surface area (TPSA) is 29.3 Å². The Labute approximate surface area is 104 Å². The molecule has 0 bridgehead atoms. The number of nitrogens with zero attached hydrogens (tertiary/aromatic N) is 1. The van der Waals surface area contributed by atoms with Crippen LogP contribution in [0.1, 0.15) is 37.4 Å². The van der Waals surface area contributed by atoms with Crippen LogP contribution in [-0.4, -0.2) is 13.1 Å². The van der Waals surface area contributed by atoms with Gasteiger partial charge in [-0.15, -0.1) is 0 Å². The second-order valence-corrected chi connectivity index (χ2v) is 4.80. The third kappa shape index (κ3) is 2.70. The first-order valence-corrected chi connectivity index (χ1v) is 6.47. The summed E-state index contributed by atoms with van der Waals surface area (Å²) < 4.78 is 0. The molecular weight excluding hydrogens is 208 g/mol. The third-order valence-corrected chi connectivity index (χ3v) is 3.41. The Hall–Kier alpha value is -1.28. The molecule has 0 spiro atoms. The number of fused-ring (bicyclic) bond motifs is 1. The number of rotatable bonds is 3. The summed E-state index contributed by atoms with van der Waals surface area (Å²) in [6.45, 7) is 6.29. The summed E-state index contributed by atoms with van der Waals surface area (Å²) in [7, 11) is 0. The molecule has 2 N–H and O–H groups in total. The maximum absolute atomic E-state index is 5.94.